The summed E-state index contributed by atoms with van der Waals surface area (Å²) in [4.78, 5) is 13.0. The van der Waals surface area contributed by atoms with Crippen molar-refractivity contribution in [3.8, 4) is 0 Å². The topological polar surface area (TPSA) is 17.1 Å². The SMILES string of the molecule is O=C(c1ccccc1C1CC1)c1ccccc1C1CC1. The van der Waals surface area contributed by atoms with E-state index in [0.717, 1.165) is 11.1 Å². The van der Waals surface area contributed by atoms with Crippen LogP contribution in [0.1, 0.15) is 64.6 Å². The molecule has 2 saturated carbocycles. The smallest absolute Gasteiger partial charge is 0.193 e. The average molecular weight is 262 g/mol. The summed E-state index contributed by atoms with van der Waals surface area (Å²) in [5, 5.41) is 0. The molecule has 0 aliphatic heterocycles. The van der Waals surface area contributed by atoms with Gasteiger partial charge in [-0.1, -0.05) is 48.5 Å². The average Bonchev–Trinajstić information content (AvgIpc) is 3.40. The van der Waals surface area contributed by atoms with E-state index in [4.69, 9.17) is 0 Å². The number of benzene rings is 2. The number of carbonyl (C=O) groups excluding carboxylic acids is 1. The quantitative estimate of drug-likeness (QED) is 0.732. The van der Waals surface area contributed by atoms with Crippen molar-refractivity contribution in [1.29, 1.82) is 0 Å². The van der Waals surface area contributed by atoms with Crippen LogP contribution >= 0.6 is 0 Å². The van der Waals surface area contributed by atoms with E-state index in [2.05, 4.69) is 24.3 Å². The van der Waals surface area contributed by atoms with Crippen LogP contribution in [0.4, 0.5) is 0 Å². The first-order chi connectivity index (χ1) is 9.84. The Morgan fingerprint density at radius 1 is 0.700 bits per heavy atom. The summed E-state index contributed by atoms with van der Waals surface area (Å²) < 4.78 is 0. The van der Waals surface area contributed by atoms with Crippen LogP contribution in [0.5, 0.6) is 0 Å². The molecule has 2 fully saturated rings. The van der Waals surface area contributed by atoms with E-state index >= 15 is 0 Å². The largest absolute Gasteiger partial charge is 0.289 e. The first-order valence-electron chi connectivity index (χ1n) is 7.57. The molecule has 0 heterocycles. The third-order valence-electron chi connectivity index (χ3n) is 4.45. The van der Waals surface area contributed by atoms with Crippen molar-refractivity contribution < 1.29 is 4.79 Å². The molecule has 0 amide bonds. The molecular formula is C19H18O. The maximum absolute atomic E-state index is 13.0. The molecule has 1 nitrogen and oxygen atoms in total. The first kappa shape index (κ1) is 11.9. The van der Waals surface area contributed by atoms with Crippen molar-refractivity contribution in [2.75, 3.05) is 0 Å². The third-order valence-corrected chi connectivity index (χ3v) is 4.45. The minimum Gasteiger partial charge on any atom is -0.289 e. The minimum atomic E-state index is 0.218. The molecular weight excluding hydrogens is 244 g/mol. The highest BCUT2D eigenvalue weighted by Gasteiger charge is 2.31. The summed E-state index contributed by atoms with van der Waals surface area (Å²) >= 11 is 0. The monoisotopic (exact) mass is 262 g/mol. The lowest BCUT2D eigenvalue weighted by molar-refractivity contribution is 0.103. The van der Waals surface area contributed by atoms with E-state index in [9.17, 15) is 4.79 Å². The lowest BCUT2D eigenvalue weighted by Crippen LogP contribution is -2.07. The number of ketones is 1. The van der Waals surface area contributed by atoms with E-state index in [1.807, 2.05) is 24.3 Å². The van der Waals surface area contributed by atoms with E-state index in [-0.39, 0.29) is 5.78 Å². The standard InChI is InChI=1S/C19H18O/c20-19(17-7-3-1-5-15(17)13-9-10-13)18-8-4-2-6-16(18)14-11-12-14/h1-8,13-14H,9-12H2. The zero-order valence-corrected chi connectivity index (χ0v) is 11.5. The molecule has 0 saturated heterocycles. The summed E-state index contributed by atoms with van der Waals surface area (Å²) in [6.07, 6.45) is 4.92. The van der Waals surface area contributed by atoms with E-state index in [1.54, 1.807) is 0 Å². The highest BCUT2D eigenvalue weighted by Crippen LogP contribution is 2.44. The van der Waals surface area contributed by atoms with Gasteiger partial charge in [-0.3, -0.25) is 4.79 Å². The van der Waals surface area contributed by atoms with Crippen LogP contribution in [-0.4, -0.2) is 5.78 Å². The van der Waals surface area contributed by atoms with Crippen LogP contribution in [0.2, 0.25) is 0 Å². The normalized spacial score (nSPS) is 18.0. The van der Waals surface area contributed by atoms with Crippen LogP contribution in [-0.2, 0) is 0 Å². The van der Waals surface area contributed by atoms with Crippen LogP contribution in [0.25, 0.3) is 0 Å². The Balaban J connectivity index is 1.77. The molecule has 1 heteroatoms. The molecule has 2 aliphatic carbocycles. The van der Waals surface area contributed by atoms with Gasteiger partial charge in [0.05, 0.1) is 0 Å². The van der Waals surface area contributed by atoms with Crippen LogP contribution < -0.4 is 0 Å². The molecule has 4 rings (SSSR count). The number of hydrogen-bond donors (Lipinski definition) is 0. The van der Waals surface area contributed by atoms with Crippen LogP contribution in [0.15, 0.2) is 48.5 Å². The second-order valence-electron chi connectivity index (χ2n) is 6.05. The van der Waals surface area contributed by atoms with Gasteiger partial charge in [0.25, 0.3) is 0 Å². The highest BCUT2D eigenvalue weighted by molar-refractivity contribution is 6.11. The zero-order chi connectivity index (χ0) is 13.5. The summed E-state index contributed by atoms with van der Waals surface area (Å²) in [6.45, 7) is 0. The van der Waals surface area contributed by atoms with Crippen molar-refractivity contribution in [3.63, 3.8) is 0 Å². The molecule has 2 aromatic rings. The van der Waals surface area contributed by atoms with E-state index in [0.29, 0.717) is 11.8 Å². The Labute approximate surface area is 119 Å². The van der Waals surface area contributed by atoms with Gasteiger partial charge < -0.3 is 0 Å². The predicted molar refractivity (Wildman–Crippen MR) is 80.3 cm³/mol. The molecule has 0 aromatic heterocycles. The van der Waals surface area contributed by atoms with Crippen LogP contribution in [0.3, 0.4) is 0 Å². The van der Waals surface area contributed by atoms with Crippen molar-refractivity contribution >= 4 is 5.78 Å². The maximum atomic E-state index is 13.0. The maximum Gasteiger partial charge on any atom is 0.193 e. The van der Waals surface area contributed by atoms with Gasteiger partial charge in [-0.15, -0.1) is 0 Å². The van der Waals surface area contributed by atoms with Gasteiger partial charge in [0.2, 0.25) is 0 Å². The lowest BCUT2D eigenvalue weighted by atomic mass is 9.92. The summed E-state index contributed by atoms with van der Waals surface area (Å²) in [5.74, 6) is 1.45. The molecule has 0 N–H and O–H groups in total. The third kappa shape index (κ3) is 2.07. The van der Waals surface area contributed by atoms with Gasteiger partial charge in [-0.05, 0) is 48.6 Å². The van der Waals surface area contributed by atoms with Crippen molar-refractivity contribution in [1.82, 2.24) is 0 Å². The van der Waals surface area contributed by atoms with Gasteiger partial charge in [-0.2, -0.15) is 0 Å². The van der Waals surface area contributed by atoms with Crippen molar-refractivity contribution in [3.05, 3.63) is 70.8 Å². The van der Waals surface area contributed by atoms with Crippen molar-refractivity contribution in [2.24, 2.45) is 0 Å². The molecule has 2 aliphatic rings. The molecule has 0 bridgehead atoms. The molecule has 0 spiro atoms. The molecule has 2 aromatic carbocycles. The Morgan fingerprint density at radius 2 is 1.10 bits per heavy atom. The Morgan fingerprint density at radius 3 is 1.50 bits per heavy atom. The summed E-state index contributed by atoms with van der Waals surface area (Å²) in [7, 11) is 0. The van der Waals surface area contributed by atoms with E-state index < -0.39 is 0 Å². The van der Waals surface area contributed by atoms with Gasteiger partial charge in [0.1, 0.15) is 0 Å². The fraction of sp³-hybridized carbons (Fsp3) is 0.316. The summed E-state index contributed by atoms with van der Waals surface area (Å²) in [5.41, 5.74) is 4.34. The number of hydrogen-bond acceptors (Lipinski definition) is 1. The van der Waals surface area contributed by atoms with Gasteiger partial charge in [-0.25, -0.2) is 0 Å². The number of rotatable bonds is 4. The Hall–Kier alpha value is -1.89. The lowest BCUT2D eigenvalue weighted by Gasteiger charge is -2.11. The second kappa shape index (κ2) is 4.59. The molecule has 0 radical (unpaired) electrons. The van der Waals surface area contributed by atoms with E-state index in [1.165, 1.54) is 36.8 Å². The number of carbonyl (C=O) groups is 1. The Bertz CT molecular complexity index is 605. The van der Waals surface area contributed by atoms with Gasteiger partial charge in [0, 0.05) is 11.1 Å². The highest BCUT2D eigenvalue weighted by atomic mass is 16.1. The van der Waals surface area contributed by atoms with Crippen LogP contribution in [0, 0.1) is 0 Å². The van der Waals surface area contributed by atoms with Gasteiger partial charge >= 0.3 is 0 Å². The predicted octanol–water partition coefficient (Wildman–Crippen LogP) is 4.67. The molecule has 0 atom stereocenters. The Kier molecular flexibility index (Phi) is 2.73. The molecule has 0 unspecified atom stereocenters. The minimum absolute atomic E-state index is 0.218. The second-order valence-corrected chi connectivity index (χ2v) is 6.05. The zero-order valence-electron chi connectivity index (χ0n) is 11.5. The first-order valence-corrected chi connectivity index (χ1v) is 7.57. The fourth-order valence-electron chi connectivity index (χ4n) is 3.05. The van der Waals surface area contributed by atoms with Gasteiger partial charge in [0.15, 0.2) is 5.78 Å². The summed E-state index contributed by atoms with van der Waals surface area (Å²) in [6, 6.07) is 16.3. The molecule has 20 heavy (non-hydrogen) atoms. The van der Waals surface area contributed by atoms with Crippen molar-refractivity contribution in [2.45, 2.75) is 37.5 Å². The fourth-order valence-corrected chi connectivity index (χ4v) is 3.05. The molecule has 100 valence electrons.